The minimum Gasteiger partial charge on any atom is -0.484 e. The largest absolute Gasteiger partial charge is 0.484 e. The van der Waals surface area contributed by atoms with Crippen molar-refractivity contribution in [3.8, 4) is 5.75 Å². The molecule has 6 heteroatoms. The second-order valence-electron chi connectivity index (χ2n) is 4.77. The summed E-state index contributed by atoms with van der Waals surface area (Å²) >= 11 is 5.77. The molecule has 1 unspecified atom stereocenters. The maximum Gasteiger partial charge on any atom is 0.260 e. The molecular formula is C14H17ClN2O3. The van der Waals surface area contributed by atoms with Crippen molar-refractivity contribution in [2.24, 2.45) is 0 Å². The Morgan fingerprint density at radius 1 is 1.40 bits per heavy atom. The molecule has 2 rings (SSSR count). The fourth-order valence-electron chi connectivity index (χ4n) is 2.16. The highest BCUT2D eigenvalue weighted by Gasteiger charge is 2.26. The molecule has 20 heavy (non-hydrogen) atoms. The monoisotopic (exact) mass is 296 g/mol. The van der Waals surface area contributed by atoms with Gasteiger partial charge in [-0.15, -0.1) is 0 Å². The quantitative estimate of drug-likeness (QED) is 0.915. The summed E-state index contributed by atoms with van der Waals surface area (Å²) in [5.74, 6) is 0.467. The first-order chi connectivity index (χ1) is 9.54. The number of ether oxygens (including phenoxy) is 1. The molecule has 1 aliphatic rings. The Balaban J connectivity index is 1.78. The molecule has 108 valence electrons. The molecule has 0 bridgehead atoms. The van der Waals surface area contributed by atoms with Crippen LogP contribution >= 0.6 is 11.6 Å². The molecule has 1 N–H and O–H groups in total. The van der Waals surface area contributed by atoms with Gasteiger partial charge in [-0.1, -0.05) is 11.6 Å². The van der Waals surface area contributed by atoms with Crippen LogP contribution in [0.2, 0.25) is 5.02 Å². The molecule has 0 aliphatic carbocycles. The third-order valence-electron chi connectivity index (χ3n) is 3.12. The predicted molar refractivity (Wildman–Crippen MR) is 75.7 cm³/mol. The van der Waals surface area contributed by atoms with Crippen molar-refractivity contribution in [2.45, 2.75) is 19.4 Å². The second-order valence-corrected chi connectivity index (χ2v) is 5.20. The number of halogens is 1. The van der Waals surface area contributed by atoms with Gasteiger partial charge >= 0.3 is 0 Å². The van der Waals surface area contributed by atoms with E-state index in [0.717, 1.165) is 6.42 Å². The molecular weight excluding hydrogens is 280 g/mol. The Labute approximate surface area is 122 Å². The minimum atomic E-state index is -0.0761. The van der Waals surface area contributed by atoms with Crippen molar-refractivity contribution in [2.75, 3.05) is 19.7 Å². The fraction of sp³-hybridized carbons (Fsp3) is 0.429. The third-order valence-corrected chi connectivity index (χ3v) is 3.38. The second kappa shape index (κ2) is 6.61. The van der Waals surface area contributed by atoms with E-state index in [1.807, 2.05) is 0 Å². The maximum atomic E-state index is 12.0. The predicted octanol–water partition coefficient (Wildman–Crippen LogP) is 1.46. The van der Waals surface area contributed by atoms with Crippen LogP contribution in [0.1, 0.15) is 13.3 Å². The van der Waals surface area contributed by atoms with Crippen molar-refractivity contribution < 1.29 is 14.3 Å². The lowest BCUT2D eigenvalue weighted by Gasteiger charge is -2.17. The van der Waals surface area contributed by atoms with Crippen LogP contribution < -0.4 is 10.1 Å². The molecule has 1 atom stereocenters. The molecule has 0 spiro atoms. The average molecular weight is 297 g/mol. The van der Waals surface area contributed by atoms with E-state index in [9.17, 15) is 9.59 Å². The van der Waals surface area contributed by atoms with Crippen LogP contribution in [0.3, 0.4) is 0 Å². The molecule has 1 saturated heterocycles. The zero-order chi connectivity index (χ0) is 14.5. The standard InChI is InChI=1S/C14H17ClN2O3/c1-10(18)16-12-6-7-17(8-12)14(19)9-20-13-4-2-11(15)3-5-13/h2-5,12H,6-9H2,1H3,(H,16,18). The summed E-state index contributed by atoms with van der Waals surface area (Å²) < 4.78 is 5.41. The molecule has 0 saturated carbocycles. The number of benzene rings is 1. The molecule has 1 heterocycles. The highest BCUT2D eigenvalue weighted by atomic mass is 35.5. The maximum absolute atomic E-state index is 12.0. The Kier molecular flexibility index (Phi) is 4.84. The van der Waals surface area contributed by atoms with E-state index in [0.29, 0.717) is 23.9 Å². The van der Waals surface area contributed by atoms with E-state index in [1.165, 1.54) is 6.92 Å². The van der Waals surface area contributed by atoms with Crippen LogP contribution in [0.4, 0.5) is 0 Å². The number of carbonyl (C=O) groups is 2. The van der Waals surface area contributed by atoms with Gasteiger partial charge in [0.2, 0.25) is 5.91 Å². The smallest absolute Gasteiger partial charge is 0.260 e. The Bertz CT molecular complexity index is 490. The molecule has 1 aliphatic heterocycles. The van der Waals surface area contributed by atoms with E-state index in [4.69, 9.17) is 16.3 Å². The Morgan fingerprint density at radius 2 is 2.10 bits per heavy atom. The van der Waals surface area contributed by atoms with E-state index in [2.05, 4.69) is 5.32 Å². The number of nitrogens with one attached hydrogen (secondary N) is 1. The number of hydrogen-bond donors (Lipinski definition) is 1. The molecule has 0 radical (unpaired) electrons. The Morgan fingerprint density at radius 3 is 2.75 bits per heavy atom. The summed E-state index contributed by atoms with van der Waals surface area (Å²) in [6.07, 6.45) is 0.784. The first-order valence-electron chi connectivity index (χ1n) is 6.48. The number of amides is 2. The van der Waals surface area contributed by atoms with Gasteiger partial charge in [-0.05, 0) is 30.7 Å². The van der Waals surface area contributed by atoms with Crippen molar-refractivity contribution >= 4 is 23.4 Å². The summed E-state index contributed by atoms with van der Waals surface area (Å²) in [5.41, 5.74) is 0. The van der Waals surface area contributed by atoms with Gasteiger partial charge in [0.15, 0.2) is 6.61 Å². The summed E-state index contributed by atoms with van der Waals surface area (Å²) in [6.45, 7) is 2.67. The van der Waals surface area contributed by atoms with E-state index in [-0.39, 0.29) is 24.5 Å². The summed E-state index contributed by atoms with van der Waals surface area (Å²) in [6, 6.07) is 6.92. The zero-order valence-electron chi connectivity index (χ0n) is 11.3. The lowest BCUT2D eigenvalue weighted by Crippen LogP contribution is -2.38. The van der Waals surface area contributed by atoms with Gasteiger partial charge in [-0.2, -0.15) is 0 Å². The van der Waals surface area contributed by atoms with Crippen LogP contribution in [0.15, 0.2) is 24.3 Å². The van der Waals surface area contributed by atoms with Gasteiger partial charge < -0.3 is 15.0 Å². The molecule has 1 aromatic carbocycles. The van der Waals surface area contributed by atoms with Gasteiger partial charge in [0.05, 0.1) is 0 Å². The third kappa shape index (κ3) is 4.13. The van der Waals surface area contributed by atoms with Crippen molar-refractivity contribution in [1.29, 1.82) is 0 Å². The number of likely N-dealkylation sites (tertiary alicyclic amines) is 1. The fourth-order valence-corrected chi connectivity index (χ4v) is 2.29. The lowest BCUT2D eigenvalue weighted by atomic mass is 10.3. The number of hydrogen-bond acceptors (Lipinski definition) is 3. The van der Waals surface area contributed by atoms with Crippen LogP contribution in [0.5, 0.6) is 5.75 Å². The van der Waals surface area contributed by atoms with Gasteiger partial charge in [0, 0.05) is 31.1 Å². The number of nitrogens with zero attached hydrogens (tertiary/aromatic N) is 1. The first-order valence-corrected chi connectivity index (χ1v) is 6.85. The average Bonchev–Trinajstić information content (AvgIpc) is 2.85. The summed E-state index contributed by atoms with van der Waals surface area (Å²) in [4.78, 5) is 24.6. The van der Waals surface area contributed by atoms with Gasteiger partial charge in [0.25, 0.3) is 5.91 Å². The van der Waals surface area contributed by atoms with Crippen LogP contribution in [-0.2, 0) is 9.59 Å². The molecule has 1 fully saturated rings. The highest BCUT2D eigenvalue weighted by Crippen LogP contribution is 2.16. The van der Waals surface area contributed by atoms with E-state index >= 15 is 0 Å². The lowest BCUT2D eigenvalue weighted by molar-refractivity contribution is -0.132. The van der Waals surface area contributed by atoms with Crippen LogP contribution in [-0.4, -0.2) is 42.5 Å². The Hall–Kier alpha value is -1.75. The van der Waals surface area contributed by atoms with Gasteiger partial charge in [0.1, 0.15) is 5.75 Å². The highest BCUT2D eigenvalue weighted by molar-refractivity contribution is 6.30. The topological polar surface area (TPSA) is 58.6 Å². The van der Waals surface area contributed by atoms with E-state index in [1.54, 1.807) is 29.2 Å². The normalized spacial score (nSPS) is 17.9. The van der Waals surface area contributed by atoms with Crippen LogP contribution in [0, 0.1) is 0 Å². The van der Waals surface area contributed by atoms with Crippen molar-refractivity contribution in [3.63, 3.8) is 0 Å². The summed E-state index contributed by atoms with van der Waals surface area (Å²) in [7, 11) is 0. The number of carbonyl (C=O) groups excluding carboxylic acids is 2. The van der Waals surface area contributed by atoms with Crippen molar-refractivity contribution in [3.05, 3.63) is 29.3 Å². The molecule has 2 amide bonds. The number of rotatable bonds is 4. The molecule has 1 aromatic rings. The van der Waals surface area contributed by atoms with Gasteiger partial charge in [-0.25, -0.2) is 0 Å². The first kappa shape index (κ1) is 14.7. The zero-order valence-corrected chi connectivity index (χ0v) is 12.0. The SMILES string of the molecule is CC(=O)NC1CCN(C(=O)COc2ccc(Cl)cc2)C1. The summed E-state index contributed by atoms with van der Waals surface area (Å²) in [5, 5.41) is 3.44. The molecule has 5 nitrogen and oxygen atoms in total. The van der Waals surface area contributed by atoms with Gasteiger partial charge in [-0.3, -0.25) is 9.59 Å². The molecule has 0 aromatic heterocycles. The van der Waals surface area contributed by atoms with Crippen LogP contribution in [0.25, 0.3) is 0 Å². The minimum absolute atomic E-state index is 0.00553. The van der Waals surface area contributed by atoms with E-state index < -0.39 is 0 Å². The van der Waals surface area contributed by atoms with Crippen molar-refractivity contribution in [1.82, 2.24) is 10.2 Å².